The van der Waals surface area contributed by atoms with E-state index in [0.717, 1.165) is 26.1 Å². The largest absolute Gasteiger partial charge is 0.388 e. The molecule has 0 aliphatic carbocycles. The molecule has 0 radical (unpaired) electrons. The lowest BCUT2D eigenvalue weighted by atomic mass is 9.92. The van der Waals surface area contributed by atoms with Crippen molar-refractivity contribution in [3.63, 3.8) is 0 Å². The number of amides is 1. The summed E-state index contributed by atoms with van der Waals surface area (Å²) in [5.74, 6) is -0.192. The molecule has 1 amide bonds. The van der Waals surface area contributed by atoms with Crippen molar-refractivity contribution in [1.82, 2.24) is 30.5 Å². The van der Waals surface area contributed by atoms with Crippen LogP contribution in [0.2, 0.25) is 0 Å². The maximum Gasteiger partial charge on any atom is 0.273 e. The number of hydrogen-bond acceptors (Lipinski definition) is 6. The summed E-state index contributed by atoms with van der Waals surface area (Å²) in [6.07, 6.45) is 7.87. The fraction of sp³-hybridized carbons (Fsp3) is 0.824. The van der Waals surface area contributed by atoms with Gasteiger partial charge in [-0.3, -0.25) is 4.79 Å². The van der Waals surface area contributed by atoms with E-state index in [2.05, 4.69) is 25.8 Å². The molecule has 2 saturated heterocycles. The van der Waals surface area contributed by atoms with Crippen molar-refractivity contribution in [3.05, 3.63) is 11.9 Å². The Balaban J connectivity index is 1.39. The van der Waals surface area contributed by atoms with Gasteiger partial charge < -0.3 is 20.6 Å². The molecule has 8 heteroatoms. The zero-order valence-corrected chi connectivity index (χ0v) is 14.9. The smallest absolute Gasteiger partial charge is 0.273 e. The number of carbonyl (C=O) groups excluding carboxylic acids is 1. The molecule has 3 rings (SSSR count). The number of rotatable bonds is 7. The van der Waals surface area contributed by atoms with Crippen molar-refractivity contribution >= 4 is 5.91 Å². The molecule has 2 aliphatic rings. The van der Waals surface area contributed by atoms with E-state index in [1.165, 1.54) is 32.4 Å². The van der Waals surface area contributed by atoms with Crippen LogP contribution in [0.25, 0.3) is 0 Å². The summed E-state index contributed by atoms with van der Waals surface area (Å²) in [4.78, 5) is 14.6. The summed E-state index contributed by atoms with van der Waals surface area (Å²) in [7, 11) is 0. The first-order chi connectivity index (χ1) is 12.1. The van der Waals surface area contributed by atoms with Crippen LogP contribution in [0, 0.1) is 0 Å². The maximum atomic E-state index is 12.2. The van der Waals surface area contributed by atoms with Crippen LogP contribution in [0.15, 0.2) is 6.20 Å². The zero-order valence-electron chi connectivity index (χ0n) is 14.9. The molecule has 140 valence electrons. The van der Waals surface area contributed by atoms with E-state index >= 15 is 0 Å². The number of nitrogens with zero attached hydrogens (tertiary/aromatic N) is 4. The molecule has 0 spiro atoms. The third-order valence-electron chi connectivity index (χ3n) is 5.15. The zero-order chi connectivity index (χ0) is 17.5. The highest BCUT2D eigenvalue weighted by atomic mass is 16.3. The van der Waals surface area contributed by atoms with Gasteiger partial charge in [-0.25, -0.2) is 4.68 Å². The number of piperidine rings is 2. The number of aliphatic hydroxyl groups is 1. The van der Waals surface area contributed by atoms with Crippen LogP contribution in [-0.4, -0.2) is 75.8 Å². The molecular weight excluding hydrogens is 320 g/mol. The van der Waals surface area contributed by atoms with Crippen molar-refractivity contribution in [2.75, 3.05) is 39.3 Å². The van der Waals surface area contributed by atoms with Crippen LogP contribution in [0.1, 0.15) is 49.0 Å². The third-order valence-corrected chi connectivity index (χ3v) is 5.15. The first-order valence-corrected chi connectivity index (χ1v) is 9.48. The minimum atomic E-state index is -0.763. The van der Waals surface area contributed by atoms with Gasteiger partial charge in [-0.1, -0.05) is 11.6 Å². The van der Waals surface area contributed by atoms with E-state index in [-0.39, 0.29) is 5.91 Å². The van der Waals surface area contributed by atoms with Crippen LogP contribution in [0.3, 0.4) is 0 Å². The van der Waals surface area contributed by atoms with Crippen molar-refractivity contribution in [2.45, 2.75) is 50.7 Å². The van der Waals surface area contributed by atoms with Crippen LogP contribution in [0.5, 0.6) is 0 Å². The minimum Gasteiger partial charge on any atom is -0.388 e. The fourth-order valence-corrected chi connectivity index (χ4v) is 3.61. The van der Waals surface area contributed by atoms with Gasteiger partial charge in [0.1, 0.15) is 0 Å². The number of hydrogen-bond donors (Lipinski definition) is 3. The Morgan fingerprint density at radius 3 is 2.80 bits per heavy atom. The van der Waals surface area contributed by atoms with Gasteiger partial charge in [0.25, 0.3) is 5.91 Å². The number of nitrogens with one attached hydrogen (secondary N) is 2. The molecule has 0 saturated carbocycles. The molecule has 8 nitrogen and oxygen atoms in total. The van der Waals surface area contributed by atoms with Gasteiger partial charge in [0.05, 0.1) is 18.3 Å². The van der Waals surface area contributed by atoms with Gasteiger partial charge in [0, 0.05) is 6.54 Å². The Kier molecular flexibility index (Phi) is 6.39. The summed E-state index contributed by atoms with van der Waals surface area (Å²) < 4.78 is 1.58. The Morgan fingerprint density at radius 2 is 2.04 bits per heavy atom. The lowest BCUT2D eigenvalue weighted by Gasteiger charge is -2.32. The second-order valence-corrected chi connectivity index (χ2v) is 7.29. The lowest BCUT2D eigenvalue weighted by Crippen LogP contribution is -2.44. The predicted molar refractivity (Wildman–Crippen MR) is 94.3 cm³/mol. The van der Waals surface area contributed by atoms with Crippen LogP contribution >= 0.6 is 0 Å². The molecule has 0 bridgehead atoms. The lowest BCUT2D eigenvalue weighted by molar-refractivity contribution is -0.00866. The van der Waals surface area contributed by atoms with E-state index in [4.69, 9.17) is 0 Å². The van der Waals surface area contributed by atoms with Gasteiger partial charge in [-0.05, 0) is 64.8 Å². The molecule has 0 atom stereocenters. The van der Waals surface area contributed by atoms with Crippen molar-refractivity contribution < 1.29 is 9.90 Å². The van der Waals surface area contributed by atoms with E-state index in [0.29, 0.717) is 31.6 Å². The van der Waals surface area contributed by atoms with Gasteiger partial charge in [-0.2, -0.15) is 0 Å². The van der Waals surface area contributed by atoms with E-state index in [1.807, 2.05) is 0 Å². The highest BCUT2D eigenvalue weighted by Gasteiger charge is 2.30. The number of likely N-dealkylation sites (tertiary alicyclic amines) is 1. The summed E-state index contributed by atoms with van der Waals surface area (Å²) in [6.45, 7) is 6.03. The molecule has 3 N–H and O–H groups in total. The number of carbonyl (C=O) groups is 1. The first kappa shape index (κ1) is 18.3. The Hall–Kier alpha value is -1.51. The predicted octanol–water partition coefficient (Wildman–Crippen LogP) is -0.00160. The van der Waals surface area contributed by atoms with Gasteiger partial charge in [0.15, 0.2) is 5.69 Å². The van der Waals surface area contributed by atoms with Crippen molar-refractivity contribution in [3.8, 4) is 0 Å². The Labute approximate surface area is 149 Å². The molecule has 0 unspecified atom stereocenters. The topological polar surface area (TPSA) is 95.3 Å². The summed E-state index contributed by atoms with van der Waals surface area (Å²) in [5.41, 5.74) is -0.447. The van der Waals surface area contributed by atoms with E-state index < -0.39 is 5.60 Å². The molecule has 3 heterocycles. The van der Waals surface area contributed by atoms with Crippen molar-refractivity contribution in [2.24, 2.45) is 0 Å². The average Bonchev–Trinajstić information content (AvgIpc) is 3.08. The molecule has 2 aliphatic heterocycles. The van der Waals surface area contributed by atoms with Gasteiger partial charge in [0.2, 0.25) is 0 Å². The molecule has 1 aromatic heterocycles. The van der Waals surface area contributed by atoms with Crippen molar-refractivity contribution in [1.29, 1.82) is 0 Å². The summed E-state index contributed by atoms with van der Waals surface area (Å²) in [5, 5.41) is 24.6. The normalized spacial score (nSPS) is 21.2. The highest BCUT2D eigenvalue weighted by molar-refractivity contribution is 5.91. The van der Waals surface area contributed by atoms with E-state index in [1.54, 1.807) is 10.9 Å². The summed E-state index contributed by atoms with van der Waals surface area (Å²) in [6, 6.07) is 0. The fourth-order valence-electron chi connectivity index (χ4n) is 3.61. The van der Waals surface area contributed by atoms with E-state index in [9.17, 15) is 9.90 Å². The molecular formula is C17H30N6O2. The number of aromatic nitrogens is 3. The summed E-state index contributed by atoms with van der Waals surface area (Å²) >= 11 is 0. The first-order valence-electron chi connectivity index (χ1n) is 9.48. The molecule has 1 aromatic rings. The Bertz CT molecular complexity index is 549. The SMILES string of the molecule is O=C(NCCCN1CCCCC1)c1cn(CC2(O)CCNCC2)nn1. The monoisotopic (exact) mass is 350 g/mol. The molecule has 0 aromatic carbocycles. The minimum absolute atomic E-state index is 0.192. The standard InChI is InChI=1S/C17H30N6O2/c24-16(19-7-4-12-22-10-2-1-3-11-22)15-13-23(21-20-15)14-17(25)5-8-18-9-6-17/h13,18,25H,1-12,14H2,(H,19,24). The third kappa shape index (κ3) is 5.49. The van der Waals surface area contributed by atoms with Gasteiger partial charge in [-0.15, -0.1) is 5.10 Å². The average molecular weight is 350 g/mol. The second-order valence-electron chi connectivity index (χ2n) is 7.29. The van der Waals surface area contributed by atoms with Crippen LogP contribution in [0.4, 0.5) is 0 Å². The Morgan fingerprint density at radius 1 is 1.28 bits per heavy atom. The highest BCUT2D eigenvalue weighted by Crippen LogP contribution is 2.19. The van der Waals surface area contributed by atoms with Crippen LogP contribution in [-0.2, 0) is 6.54 Å². The second kappa shape index (κ2) is 8.73. The maximum absolute atomic E-state index is 12.2. The van der Waals surface area contributed by atoms with Gasteiger partial charge >= 0.3 is 0 Å². The molecule has 2 fully saturated rings. The van der Waals surface area contributed by atoms with Crippen LogP contribution < -0.4 is 10.6 Å². The molecule has 25 heavy (non-hydrogen) atoms. The quantitative estimate of drug-likeness (QED) is 0.599.